The van der Waals surface area contributed by atoms with Gasteiger partial charge < -0.3 is 9.84 Å². The van der Waals surface area contributed by atoms with Crippen molar-refractivity contribution in [2.45, 2.75) is 103 Å². The monoisotopic (exact) mass is 628 g/mol. The summed E-state index contributed by atoms with van der Waals surface area (Å²) < 4.78 is 26.3. The van der Waals surface area contributed by atoms with Gasteiger partial charge in [-0.3, -0.25) is 14.2 Å². The van der Waals surface area contributed by atoms with E-state index in [-0.39, 0.29) is 48.1 Å². The Morgan fingerprint density at radius 2 is 1.85 bits per heavy atom. The number of carbonyl (C=O) groups is 1. The molecule has 1 fully saturated rings. The summed E-state index contributed by atoms with van der Waals surface area (Å²) in [5.74, 6) is -0.308. The average molecular weight is 629 g/mol. The van der Waals surface area contributed by atoms with Crippen LogP contribution in [0.5, 0.6) is 0 Å². The van der Waals surface area contributed by atoms with E-state index in [0.717, 1.165) is 30.5 Å². The van der Waals surface area contributed by atoms with Crippen LogP contribution in [-0.4, -0.2) is 53.7 Å². The predicted molar refractivity (Wildman–Crippen MR) is 173 cm³/mol. The fourth-order valence-electron chi connectivity index (χ4n) is 6.56. The fraction of sp³-hybridized carbons (Fsp3) is 0.457. The highest BCUT2D eigenvalue weighted by Crippen LogP contribution is 2.34. The summed E-state index contributed by atoms with van der Waals surface area (Å²) in [7, 11) is 0. The first-order chi connectivity index (χ1) is 22.1. The lowest BCUT2D eigenvalue weighted by molar-refractivity contribution is -0.119. The van der Waals surface area contributed by atoms with Gasteiger partial charge in [-0.1, -0.05) is 55.8 Å². The quantitative estimate of drug-likeness (QED) is 0.251. The first-order valence-electron chi connectivity index (χ1n) is 16.1. The molecule has 1 atom stereocenters. The molecule has 1 unspecified atom stereocenters. The molecule has 0 radical (unpaired) electrons. The molecular weight excluding hydrogens is 587 g/mol. The van der Waals surface area contributed by atoms with E-state index in [1.54, 1.807) is 29.0 Å². The summed E-state index contributed by atoms with van der Waals surface area (Å²) in [5, 5.41) is 19.0. The van der Waals surface area contributed by atoms with Crippen molar-refractivity contribution in [1.82, 2.24) is 24.6 Å². The lowest BCUT2D eigenvalue weighted by atomic mass is 9.90. The molecule has 1 aliphatic carbocycles. The number of nitrogens with one attached hydrogen (secondary N) is 1. The van der Waals surface area contributed by atoms with E-state index in [1.165, 1.54) is 6.33 Å². The third-order valence-electron chi connectivity index (χ3n) is 9.32. The van der Waals surface area contributed by atoms with Crippen LogP contribution in [0.2, 0.25) is 0 Å². The molecule has 1 saturated carbocycles. The van der Waals surface area contributed by atoms with Crippen LogP contribution in [0.15, 0.2) is 58.7 Å². The Hall–Kier alpha value is -4.22. The van der Waals surface area contributed by atoms with Crippen LogP contribution < -0.4 is 11.0 Å². The number of hydrogen-bond donors (Lipinski definition) is 2. The Kier molecular flexibility index (Phi) is 8.89. The number of halogens is 1. The molecule has 10 nitrogen and oxygen atoms in total. The SMILES string of the molecule is CCCc1c(Cc2ccc(-c3ccccc3)c(C3=NNC(=O)C3)c2F)c(=O)n(C2CCC(OC(C)C(C)(C)O)CC2)c2ncnn12. The van der Waals surface area contributed by atoms with E-state index < -0.39 is 11.4 Å². The number of hydrazone groups is 1. The van der Waals surface area contributed by atoms with E-state index in [0.29, 0.717) is 47.4 Å². The molecule has 46 heavy (non-hydrogen) atoms. The minimum atomic E-state index is -0.948. The highest BCUT2D eigenvalue weighted by molar-refractivity contribution is 6.16. The summed E-state index contributed by atoms with van der Waals surface area (Å²) in [6.07, 6.45) is 5.34. The van der Waals surface area contributed by atoms with Gasteiger partial charge >= 0.3 is 0 Å². The van der Waals surface area contributed by atoms with Crippen LogP contribution in [0.4, 0.5) is 4.39 Å². The summed E-state index contributed by atoms with van der Waals surface area (Å²) in [6.45, 7) is 7.38. The van der Waals surface area contributed by atoms with Crippen LogP contribution in [0.1, 0.15) is 94.6 Å². The second kappa shape index (κ2) is 12.9. The molecule has 2 aromatic heterocycles. The Labute approximate surface area is 267 Å². The van der Waals surface area contributed by atoms with Gasteiger partial charge in [-0.15, -0.1) is 0 Å². The summed E-state index contributed by atoms with van der Waals surface area (Å²) in [5.41, 5.74) is 4.88. The van der Waals surface area contributed by atoms with Gasteiger partial charge in [-0.25, -0.2) is 14.3 Å². The molecule has 6 rings (SSSR count). The molecule has 11 heteroatoms. The number of ether oxygens (including phenoxy) is 1. The molecule has 0 saturated heterocycles. The maximum atomic E-state index is 16.7. The van der Waals surface area contributed by atoms with Gasteiger partial charge in [-0.05, 0) is 69.6 Å². The number of hydrogen-bond acceptors (Lipinski definition) is 7. The van der Waals surface area contributed by atoms with Gasteiger partial charge in [0.05, 0.1) is 35.6 Å². The Bertz CT molecular complexity index is 1830. The van der Waals surface area contributed by atoms with Crippen molar-refractivity contribution in [3.63, 3.8) is 0 Å². The minimum Gasteiger partial charge on any atom is -0.388 e. The van der Waals surface area contributed by atoms with Crippen LogP contribution >= 0.6 is 0 Å². The number of aliphatic hydroxyl groups is 1. The van der Waals surface area contributed by atoms with Gasteiger partial charge in [0.25, 0.3) is 5.56 Å². The van der Waals surface area contributed by atoms with Crippen molar-refractivity contribution in [2.75, 3.05) is 0 Å². The summed E-state index contributed by atoms with van der Waals surface area (Å²) in [4.78, 5) is 31.1. The van der Waals surface area contributed by atoms with Crippen molar-refractivity contribution in [2.24, 2.45) is 5.10 Å². The van der Waals surface area contributed by atoms with Crippen molar-refractivity contribution in [3.05, 3.63) is 87.3 Å². The fourth-order valence-corrected chi connectivity index (χ4v) is 6.56. The van der Waals surface area contributed by atoms with Crippen molar-refractivity contribution < 1.29 is 19.0 Å². The van der Waals surface area contributed by atoms with E-state index in [2.05, 4.69) is 20.6 Å². The van der Waals surface area contributed by atoms with Crippen molar-refractivity contribution >= 4 is 17.4 Å². The molecule has 3 heterocycles. The molecule has 2 aromatic carbocycles. The van der Waals surface area contributed by atoms with Crippen LogP contribution in [0, 0.1) is 5.82 Å². The van der Waals surface area contributed by atoms with Gasteiger partial charge in [0.15, 0.2) is 0 Å². The number of amides is 1. The van der Waals surface area contributed by atoms with E-state index in [4.69, 9.17) is 4.74 Å². The topological polar surface area (TPSA) is 123 Å². The van der Waals surface area contributed by atoms with Crippen molar-refractivity contribution in [1.29, 1.82) is 0 Å². The van der Waals surface area contributed by atoms with Gasteiger partial charge in [-0.2, -0.15) is 15.2 Å². The Balaban J connectivity index is 1.40. The first-order valence-corrected chi connectivity index (χ1v) is 16.1. The van der Waals surface area contributed by atoms with Gasteiger partial charge in [0.2, 0.25) is 11.7 Å². The van der Waals surface area contributed by atoms with Crippen LogP contribution in [0.3, 0.4) is 0 Å². The standard InChI is InChI=1S/C35H41FN6O4/c1-5-9-29-27(18-23-12-17-26(22-10-7-6-8-11-22)31(32(23)36)28-19-30(43)40-39-28)33(44)41(34-37-20-38-42(29)34)24-13-15-25(16-14-24)46-21(2)35(3,4)45/h6-8,10-12,17,20-21,24-25,45H,5,9,13-16,18-19H2,1-4H3,(H,40,43). The number of aryl methyl sites for hydroxylation is 1. The number of rotatable bonds is 10. The Morgan fingerprint density at radius 1 is 1.11 bits per heavy atom. The molecule has 0 bridgehead atoms. The van der Waals surface area contributed by atoms with E-state index >= 15 is 4.39 Å². The zero-order valence-corrected chi connectivity index (χ0v) is 26.8. The highest BCUT2D eigenvalue weighted by Gasteiger charge is 2.32. The molecular formula is C35H41FN6O4. The predicted octanol–water partition coefficient (Wildman–Crippen LogP) is 5.12. The van der Waals surface area contributed by atoms with Crippen LogP contribution in [0.25, 0.3) is 16.9 Å². The molecule has 242 valence electrons. The molecule has 0 spiro atoms. The average Bonchev–Trinajstić information content (AvgIpc) is 3.69. The normalized spacial score (nSPS) is 19.3. The Morgan fingerprint density at radius 3 is 2.50 bits per heavy atom. The zero-order valence-electron chi connectivity index (χ0n) is 26.8. The maximum Gasteiger partial charge on any atom is 0.259 e. The third kappa shape index (κ3) is 6.13. The number of nitrogens with zero attached hydrogens (tertiary/aromatic N) is 5. The second-order valence-corrected chi connectivity index (χ2v) is 13.0. The zero-order chi connectivity index (χ0) is 32.6. The summed E-state index contributed by atoms with van der Waals surface area (Å²) >= 11 is 0. The second-order valence-electron chi connectivity index (χ2n) is 13.0. The number of benzene rings is 2. The summed E-state index contributed by atoms with van der Waals surface area (Å²) in [6, 6.07) is 12.9. The minimum absolute atomic E-state index is 0.0170. The third-order valence-corrected chi connectivity index (χ3v) is 9.32. The van der Waals surface area contributed by atoms with E-state index in [1.807, 2.05) is 50.2 Å². The molecule has 2 N–H and O–H groups in total. The number of carbonyl (C=O) groups excluding carboxylic acids is 1. The largest absolute Gasteiger partial charge is 0.388 e. The smallest absolute Gasteiger partial charge is 0.259 e. The highest BCUT2D eigenvalue weighted by atomic mass is 19.1. The maximum absolute atomic E-state index is 16.7. The molecule has 1 amide bonds. The van der Waals surface area contributed by atoms with Gasteiger partial charge in [0.1, 0.15) is 12.1 Å². The van der Waals surface area contributed by atoms with E-state index in [9.17, 15) is 14.7 Å². The molecule has 2 aliphatic rings. The van der Waals surface area contributed by atoms with Gasteiger partial charge in [0, 0.05) is 23.6 Å². The van der Waals surface area contributed by atoms with Crippen LogP contribution in [-0.2, 0) is 22.4 Å². The van der Waals surface area contributed by atoms with Crippen molar-refractivity contribution in [3.8, 4) is 11.1 Å². The molecule has 4 aromatic rings. The lowest BCUT2D eigenvalue weighted by Gasteiger charge is -2.35. The number of aromatic nitrogens is 4. The molecule has 1 aliphatic heterocycles. The first kappa shape index (κ1) is 31.7. The lowest BCUT2D eigenvalue weighted by Crippen LogP contribution is -2.40. The number of fused-ring (bicyclic) bond motifs is 1.